The molecule has 1 aromatic carbocycles. The van der Waals surface area contributed by atoms with Crippen molar-refractivity contribution in [1.29, 1.82) is 0 Å². The van der Waals surface area contributed by atoms with Crippen LogP contribution < -0.4 is 4.90 Å². The lowest BCUT2D eigenvalue weighted by Crippen LogP contribution is -2.45. The molecule has 1 atom stereocenters. The topological polar surface area (TPSA) is 40.6 Å². The Morgan fingerprint density at radius 1 is 1.27 bits per heavy atom. The molecule has 0 N–H and O–H groups in total. The van der Waals surface area contributed by atoms with Gasteiger partial charge in [-0.1, -0.05) is 31.4 Å². The Kier molecular flexibility index (Phi) is 4.39. The van der Waals surface area contributed by atoms with Gasteiger partial charge >= 0.3 is 0 Å². The van der Waals surface area contributed by atoms with Crippen LogP contribution in [0.4, 0.5) is 5.69 Å². The zero-order chi connectivity index (χ0) is 15.7. The normalized spacial score (nSPS) is 20.9. The summed E-state index contributed by atoms with van der Waals surface area (Å²) in [6, 6.07) is 4.95. The zero-order valence-corrected chi connectivity index (χ0v) is 13.6. The summed E-state index contributed by atoms with van der Waals surface area (Å²) < 4.78 is 0. The van der Waals surface area contributed by atoms with Crippen molar-refractivity contribution in [2.75, 3.05) is 18.0 Å². The quantitative estimate of drug-likeness (QED) is 0.797. The molecule has 5 heteroatoms. The van der Waals surface area contributed by atoms with Gasteiger partial charge < -0.3 is 9.80 Å². The van der Waals surface area contributed by atoms with E-state index in [1.807, 2.05) is 6.07 Å². The standard InChI is InChI=1S/C17H21ClN2O2/c1-2-3-4-9-19-14-8-7-12(18)11-13(14)16(21)20-10-5-6-15(20)17(19)22/h7-8,11,15H,2-6,9-10H2,1H3/t15-/m0/s1. The second-order valence-corrected chi connectivity index (χ2v) is 6.45. The maximum atomic E-state index is 12.9. The van der Waals surface area contributed by atoms with Crippen molar-refractivity contribution in [1.82, 2.24) is 4.90 Å². The molecule has 2 heterocycles. The molecule has 3 rings (SSSR count). The van der Waals surface area contributed by atoms with Gasteiger partial charge in [-0.25, -0.2) is 0 Å². The Bertz CT molecular complexity index is 602. The highest BCUT2D eigenvalue weighted by atomic mass is 35.5. The summed E-state index contributed by atoms with van der Waals surface area (Å²) in [5, 5.41) is 0.533. The van der Waals surface area contributed by atoms with Crippen molar-refractivity contribution in [3.05, 3.63) is 28.8 Å². The fraction of sp³-hybridized carbons (Fsp3) is 0.529. The number of halogens is 1. The van der Waals surface area contributed by atoms with Crippen molar-refractivity contribution < 1.29 is 9.59 Å². The van der Waals surface area contributed by atoms with Gasteiger partial charge in [-0.2, -0.15) is 0 Å². The van der Waals surface area contributed by atoms with Crippen LogP contribution in [0.3, 0.4) is 0 Å². The monoisotopic (exact) mass is 320 g/mol. The number of hydrogen-bond acceptors (Lipinski definition) is 2. The molecule has 22 heavy (non-hydrogen) atoms. The first kappa shape index (κ1) is 15.3. The number of benzene rings is 1. The van der Waals surface area contributed by atoms with Gasteiger partial charge in [0.25, 0.3) is 5.91 Å². The number of rotatable bonds is 4. The van der Waals surface area contributed by atoms with Crippen LogP contribution in [0.2, 0.25) is 5.02 Å². The van der Waals surface area contributed by atoms with Crippen molar-refractivity contribution in [2.45, 2.75) is 45.1 Å². The maximum Gasteiger partial charge on any atom is 0.256 e. The van der Waals surface area contributed by atoms with Crippen LogP contribution in [0.5, 0.6) is 0 Å². The van der Waals surface area contributed by atoms with E-state index in [0.717, 1.165) is 32.1 Å². The van der Waals surface area contributed by atoms with Gasteiger partial charge in [0, 0.05) is 18.1 Å². The van der Waals surface area contributed by atoms with E-state index < -0.39 is 0 Å². The van der Waals surface area contributed by atoms with Crippen molar-refractivity contribution in [3.63, 3.8) is 0 Å². The van der Waals surface area contributed by atoms with E-state index in [1.165, 1.54) is 0 Å². The Balaban J connectivity index is 2.02. The van der Waals surface area contributed by atoms with E-state index in [9.17, 15) is 9.59 Å². The second kappa shape index (κ2) is 6.29. The van der Waals surface area contributed by atoms with E-state index in [2.05, 4.69) is 6.92 Å². The Morgan fingerprint density at radius 3 is 2.86 bits per heavy atom. The molecule has 1 aromatic rings. The first-order valence-corrected chi connectivity index (χ1v) is 8.43. The number of unbranched alkanes of at least 4 members (excludes halogenated alkanes) is 2. The molecule has 2 amide bonds. The van der Waals surface area contributed by atoms with E-state index in [1.54, 1.807) is 21.9 Å². The number of hydrogen-bond donors (Lipinski definition) is 0. The first-order chi connectivity index (χ1) is 10.6. The van der Waals surface area contributed by atoms with Gasteiger partial charge in [0.15, 0.2) is 0 Å². The number of carbonyl (C=O) groups excluding carboxylic acids is 2. The van der Waals surface area contributed by atoms with Gasteiger partial charge in [-0.05, 0) is 37.5 Å². The summed E-state index contributed by atoms with van der Waals surface area (Å²) in [4.78, 5) is 29.2. The van der Waals surface area contributed by atoms with Gasteiger partial charge in [0.1, 0.15) is 6.04 Å². The molecular formula is C17H21ClN2O2. The molecule has 0 saturated carbocycles. The molecule has 0 aliphatic carbocycles. The number of fused-ring (bicyclic) bond motifs is 2. The van der Waals surface area contributed by atoms with Crippen LogP contribution in [0.1, 0.15) is 49.4 Å². The minimum atomic E-state index is -0.305. The molecule has 0 unspecified atom stereocenters. The molecule has 0 spiro atoms. The van der Waals surface area contributed by atoms with Crippen LogP contribution in [0.25, 0.3) is 0 Å². The highest BCUT2D eigenvalue weighted by Gasteiger charge is 2.41. The molecule has 0 radical (unpaired) electrons. The Morgan fingerprint density at radius 2 is 2.09 bits per heavy atom. The van der Waals surface area contributed by atoms with Gasteiger partial charge in [0.2, 0.25) is 5.91 Å². The van der Waals surface area contributed by atoms with Crippen LogP contribution in [0.15, 0.2) is 18.2 Å². The number of amides is 2. The Labute approximate surface area is 136 Å². The van der Waals surface area contributed by atoms with E-state index in [0.29, 0.717) is 29.4 Å². The molecule has 4 nitrogen and oxygen atoms in total. The van der Waals surface area contributed by atoms with Crippen LogP contribution >= 0.6 is 11.6 Å². The van der Waals surface area contributed by atoms with Crippen LogP contribution in [-0.2, 0) is 4.79 Å². The number of carbonyl (C=O) groups is 2. The van der Waals surface area contributed by atoms with Crippen molar-refractivity contribution in [3.8, 4) is 0 Å². The summed E-state index contributed by atoms with van der Waals surface area (Å²) in [6.07, 6.45) is 4.78. The molecule has 1 fully saturated rings. The zero-order valence-electron chi connectivity index (χ0n) is 12.8. The fourth-order valence-corrected chi connectivity index (χ4v) is 3.56. The first-order valence-electron chi connectivity index (χ1n) is 8.05. The summed E-state index contributed by atoms with van der Waals surface area (Å²) in [5.74, 6) is -0.00522. The fourth-order valence-electron chi connectivity index (χ4n) is 3.39. The summed E-state index contributed by atoms with van der Waals surface area (Å²) >= 11 is 6.07. The van der Waals surface area contributed by atoms with Crippen LogP contribution in [0, 0.1) is 0 Å². The highest BCUT2D eigenvalue weighted by molar-refractivity contribution is 6.31. The third-order valence-electron chi connectivity index (χ3n) is 4.53. The third-order valence-corrected chi connectivity index (χ3v) is 4.76. The predicted octanol–water partition coefficient (Wildman–Crippen LogP) is 3.48. The molecule has 2 aliphatic heterocycles. The minimum absolute atomic E-state index is 0.0584. The van der Waals surface area contributed by atoms with Crippen molar-refractivity contribution >= 4 is 29.1 Å². The summed E-state index contributed by atoms with van der Waals surface area (Å²) in [5.41, 5.74) is 1.27. The molecular weight excluding hydrogens is 300 g/mol. The lowest BCUT2D eigenvalue weighted by Gasteiger charge is -2.26. The van der Waals surface area contributed by atoms with Gasteiger partial charge in [-0.15, -0.1) is 0 Å². The molecule has 118 valence electrons. The maximum absolute atomic E-state index is 12.9. The van der Waals surface area contributed by atoms with Crippen LogP contribution in [-0.4, -0.2) is 35.8 Å². The van der Waals surface area contributed by atoms with Gasteiger partial charge in [0.05, 0.1) is 11.3 Å². The predicted molar refractivity (Wildman–Crippen MR) is 87.4 cm³/mol. The lowest BCUT2D eigenvalue weighted by atomic mass is 10.1. The minimum Gasteiger partial charge on any atom is -0.327 e. The molecule has 2 aliphatic rings. The molecule has 0 bridgehead atoms. The Hall–Kier alpha value is -1.55. The molecule has 1 saturated heterocycles. The number of nitrogens with zero attached hydrogens (tertiary/aromatic N) is 2. The SMILES string of the molecule is CCCCCN1C(=O)[C@@H]2CCCN2C(=O)c2cc(Cl)ccc21. The molecule has 0 aromatic heterocycles. The van der Waals surface area contributed by atoms with E-state index in [4.69, 9.17) is 11.6 Å². The smallest absolute Gasteiger partial charge is 0.256 e. The van der Waals surface area contributed by atoms with Gasteiger partial charge in [-0.3, -0.25) is 9.59 Å². The third kappa shape index (κ3) is 2.60. The van der Waals surface area contributed by atoms with E-state index in [-0.39, 0.29) is 17.9 Å². The largest absolute Gasteiger partial charge is 0.327 e. The lowest BCUT2D eigenvalue weighted by molar-refractivity contribution is -0.122. The van der Waals surface area contributed by atoms with E-state index >= 15 is 0 Å². The average Bonchev–Trinajstić information content (AvgIpc) is 2.97. The summed E-state index contributed by atoms with van der Waals surface area (Å²) in [6.45, 7) is 3.46. The number of anilines is 1. The highest BCUT2D eigenvalue weighted by Crippen LogP contribution is 2.34. The average molecular weight is 321 g/mol. The summed E-state index contributed by atoms with van der Waals surface area (Å²) in [7, 11) is 0. The van der Waals surface area contributed by atoms with Crippen molar-refractivity contribution in [2.24, 2.45) is 0 Å². The second-order valence-electron chi connectivity index (χ2n) is 6.02.